The molecule has 0 aliphatic heterocycles. The smallest absolute Gasteiger partial charge is 0.417 e. The Bertz CT molecular complexity index is 921. The van der Waals surface area contributed by atoms with Crippen molar-refractivity contribution in [1.29, 1.82) is 0 Å². The Kier molecular flexibility index (Phi) is 9.13. The Labute approximate surface area is 187 Å². The summed E-state index contributed by atoms with van der Waals surface area (Å²) in [6.07, 6.45) is -4.36. The van der Waals surface area contributed by atoms with Crippen molar-refractivity contribution in [3.8, 4) is 17.4 Å². The predicted octanol–water partition coefficient (Wildman–Crippen LogP) is 5.20. The van der Waals surface area contributed by atoms with Gasteiger partial charge in [-0.05, 0) is 50.6 Å². The van der Waals surface area contributed by atoms with Gasteiger partial charge in [0.2, 0.25) is 5.88 Å². The van der Waals surface area contributed by atoms with Gasteiger partial charge in [0.1, 0.15) is 16.5 Å². The molecule has 0 radical (unpaired) electrons. The fraction of sp³-hybridized carbons (Fsp3) is 0.381. The maximum Gasteiger partial charge on any atom is 0.417 e. The molecule has 1 heterocycles. The van der Waals surface area contributed by atoms with E-state index in [0.29, 0.717) is 25.0 Å². The third kappa shape index (κ3) is 7.92. The molecule has 2 aromatic rings. The first-order chi connectivity index (χ1) is 15.1. The van der Waals surface area contributed by atoms with Crippen LogP contribution in [-0.2, 0) is 25.2 Å². The highest BCUT2D eigenvalue weighted by Crippen LogP contribution is 2.34. The second kappa shape index (κ2) is 11.6. The molecule has 1 atom stereocenters. The summed E-state index contributed by atoms with van der Waals surface area (Å²) >= 11 is 5.82. The van der Waals surface area contributed by atoms with Crippen LogP contribution >= 0.6 is 11.6 Å². The Morgan fingerprint density at radius 2 is 1.78 bits per heavy atom. The number of pyridine rings is 1. The molecule has 0 saturated carbocycles. The molecule has 32 heavy (non-hydrogen) atoms. The molecule has 2 rings (SSSR count). The second-order valence-electron chi connectivity index (χ2n) is 6.42. The van der Waals surface area contributed by atoms with Gasteiger partial charge in [0.25, 0.3) is 0 Å². The van der Waals surface area contributed by atoms with Crippen LogP contribution in [0.5, 0.6) is 17.4 Å². The topological polar surface area (TPSA) is 84.0 Å². The van der Waals surface area contributed by atoms with Gasteiger partial charge in [-0.15, -0.1) is 0 Å². The molecule has 0 aliphatic rings. The number of carbonyl (C=O) groups is 2. The number of ether oxygens (including phenoxy) is 4. The van der Waals surface area contributed by atoms with E-state index in [0.717, 1.165) is 6.07 Å². The van der Waals surface area contributed by atoms with Crippen molar-refractivity contribution in [2.75, 3.05) is 13.2 Å². The lowest BCUT2D eigenvalue weighted by atomic mass is 10.3. The molecule has 1 aromatic heterocycles. The molecule has 0 aliphatic carbocycles. The highest BCUT2D eigenvalue weighted by atomic mass is 35.5. The van der Waals surface area contributed by atoms with Crippen molar-refractivity contribution in [2.45, 2.75) is 39.0 Å². The summed E-state index contributed by atoms with van der Waals surface area (Å²) in [7, 11) is 0. The van der Waals surface area contributed by atoms with Crippen LogP contribution in [0.4, 0.5) is 13.2 Å². The van der Waals surface area contributed by atoms with Crippen molar-refractivity contribution in [3.63, 3.8) is 0 Å². The minimum absolute atomic E-state index is 0.0546. The van der Waals surface area contributed by atoms with Crippen LogP contribution in [0.3, 0.4) is 0 Å². The number of esters is 2. The molecule has 7 nitrogen and oxygen atoms in total. The Morgan fingerprint density at radius 1 is 1.12 bits per heavy atom. The van der Waals surface area contributed by atoms with Crippen molar-refractivity contribution in [3.05, 3.63) is 47.1 Å². The second-order valence-corrected chi connectivity index (χ2v) is 6.83. The number of rotatable bonds is 10. The number of nitrogens with zero attached hydrogens (tertiary/aromatic N) is 1. The minimum Gasteiger partial charge on any atom is -0.479 e. The van der Waals surface area contributed by atoms with Gasteiger partial charge in [-0.3, -0.25) is 4.79 Å². The first-order valence-corrected chi connectivity index (χ1v) is 9.97. The summed E-state index contributed by atoms with van der Waals surface area (Å²) in [4.78, 5) is 26.8. The van der Waals surface area contributed by atoms with Gasteiger partial charge in [-0.25, -0.2) is 9.78 Å². The normalized spacial score (nSPS) is 12.1. The quantitative estimate of drug-likeness (QED) is 0.345. The average Bonchev–Trinajstić information content (AvgIpc) is 2.73. The number of hydrogen-bond donors (Lipinski definition) is 0. The number of carbonyl (C=O) groups excluding carboxylic acids is 2. The summed E-state index contributed by atoms with van der Waals surface area (Å²) in [5, 5.41) is -0.292. The molecule has 0 N–H and O–H groups in total. The Balaban J connectivity index is 1.84. The Hall–Kier alpha value is -3.01. The molecule has 0 bridgehead atoms. The number of aromatic nitrogens is 1. The summed E-state index contributed by atoms with van der Waals surface area (Å²) in [5.41, 5.74) is -0.986. The minimum atomic E-state index is -4.56. The maximum absolute atomic E-state index is 12.7. The van der Waals surface area contributed by atoms with E-state index in [4.69, 9.17) is 30.5 Å². The summed E-state index contributed by atoms with van der Waals surface area (Å²) in [6, 6.07) is 6.67. The molecule has 0 amide bonds. The van der Waals surface area contributed by atoms with Crippen LogP contribution in [0.25, 0.3) is 0 Å². The zero-order valence-corrected chi connectivity index (χ0v) is 18.0. The van der Waals surface area contributed by atoms with Crippen molar-refractivity contribution in [2.24, 2.45) is 0 Å². The summed E-state index contributed by atoms with van der Waals surface area (Å²) in [6.45, 7) is 3.56. The predicted molar refractivity (Wildman–Crippen MR) is 108 cm³/mol. The van der Waals surface area contributed by atoms with Crippen molar-refractivity contribution in [1.82, 2.24) is 4.98 Å². The standard InChI is InChI=1S/C21H21ClF3NO6/c1-3-29-18(27)5-4-10-30-20(28)13(2)31-15-6-8-16(9-7-15)32-19-17(22)11-14(12-26-19)21(23,24)25/h6-9,11-13H,3-5,10H2,1-2H3. The highest BCUT2D eigenvalue weighted by Gasteiger charge is 2.31. The van der Waals surface area contributed by atoms with Gasteiger partial charge in [-0.2, -0.15) is 13.2 Å². The van der Waals surface area contributed by atoms with E-state index in [1.807, 2.05) is 0 Å². The van der Waals surface area contributed by atoms with E-state index in [1.165, 1.54) is 31.2 Å². The van der Waals surface area contributed by atoms with Crippen molar-refractivity contribution >= 4 is 23.5 Å². The van der Waals surface area contributed by atoms with Crippen molar-refractivity contribution < 1.29 is 41.7 Å². The lowest BCUT2D eigenvalue weighted by Crippen LogP contribution is -2.26. The third-order valence-corrected chi connectivity index (χ3v) is 4.16. The molecule has 0 saturated heterocycles. The zero-order chi connectivity index (χ0) is 23.7. The van der Waals surface area contributed by atoms with E-state index in [-0.39, 0.29) is 35.6 Å². The maximum atomic E-state index is 12.7. The highest BCUT2D eigenvalue weighted by molar-refractivity contribution is 6.31. The number of benzene rings is 1. The number of alkyl halides is 3. The SMILES string of the molecule is CCOC(=O)CCCOC(=O)C(C)Oc1ccc(Oc2ncc(C(F)(F)F)cc2Cl)cc1. The lowest BCUT2D eigenvalue weighted by molar-refractivity contribution is -0.152. The monoisotopic (exact) mass is 475 g/mol. The first kappa shape index (κ1) is 25.3. The number of halogens is 4. The van der Waals surface area contributed by atoms with E-state index < -0.39 is 23.8 Å². The van der Waals surface area contributed by atoms with E-state index >= 15 is 0 Å². The lowest BCUT2D eigenvalue weighted by Gasteiger charge is -2.14. The van der Waals surface area contributed by atoms with Crippen LogP contribution in [0.2, 0.25) is 5.02 Å². The van der Waals surface area contributed by atoms with E-state index in [9.17, 15) is 22.8 Å². The van der Waals surface area contributed by atoms with E-state index in [2.05, 4.69) is 4.98 Å². The largest absolute Gasteiger partial charge is 0.479 e. The van der Waals surface area contributed by atoms with Gasteiger partial charge in [0.05, 0.1) is 18.8 Å². The van der Waals surface area contributed by atoms with Crippen LogP contribution in [0.1, 0.15) is 32.3 Å². The molecule has 174 valence electrons. The zero-order valence-electron chi connectivity index (χ0n) is 17.3. The van der Waals surface area contributed by atoms with Gasteiger partial charge in [0.15, 0.2) is 6.10 Å². The molecule has 1 unspecified atom stereocenters. The average molecular weight is 476 g/mol. The van der Waals surface area contributed by atoms with Crippen LogP contribution in [0, 0.1) is 0 Å². The van der Waals surface area contributed by atoms with Crippen LogP contribution in [0.15, 0.2) is 36.5 Å². The molecule has 1 aromatic carbocycles. The fourth-order valence-corrected chi connectivity index (χ4v) is 2.55. The molecule has 11 heteroatoms. The third-order valence-electron chi connectivity index (χ3n) is 3.89. The van der Waals surface area contributed by atoms with Crippen LogP contribution < -0.4 is 9.47 Å². The summed E-state index contributed by atoms with van der Waals surface area (Å²) in [5.74, 6) is -0.563. The number of hydrogen-bond acceptors (Lipinski definition) is 7. The molecule has 0 fully saturated rings. The van der Waals surface area contributed by atoms with Crippen LogP contribution in [-0.4, -0.2) is 36.2 Å². The van der Waals surface area contributed by atoms with Gasteiger partial charge >= 0.3 is 18.1 Å². The van der Waals surface area contributed by atoms with Gasteiger partial charge in [0, 0.05) is 12.6 Å². The molecular formula is C21H21ClF3NO6. The Morgan fingerprint density at radius 3 is 2.38 bits per heavy atom. The fourth-order valence-electron chi connectivity index (χ4n) is 2.35. The summed E-state index contributed by atoms with van der Waals surface area (Å²) < 4.78 is 58.7. The molecule has 0 spiro atoms. The van der Waals surface area contributed by atoms with Gasteiger partial charge in [-0.1, -0.05) is 11.6 Å². The molecular weight excluding hydrogens is 455 g/mol. The van der Waals surface area contributed by atoms with Gasteiger partial charge < -0.3 is 18.9 Å². The van der Waals surface area contributed by atoms with E-state index in [1.54, 1.807) is 6.92 Å². The first-order valence-electron chi connectivity index (χ1n) is 9.59.